The predicted octanol–water partition coefficient (Wildman–Crippen LogP) is 1.48. The minimum atomic E-state index is 0.0697. The van der Waals surface area contributed by atoms with E-state index in [4.69, 9.17) is 9.47 Å². The van der Waals surface area contributed by atoms with Crippen molar-refractivity contribution in [1.82, 2.24) is 20.3 Å². The standard InChI is InChI=1S/C26H31N5O3/c1-33-25-10-6-5-7-20(25)14-27-26(32)24-17-30-12-11-19(24)13-22(30)16-31-15-21(28-29-31)18-34-23-8-3-2-4-9-23/h2-10,15,19,22,24H,11-14,16-18H2,1H3,(H,27,32)/p+1/t19-,22+,24-/m0/s1. The van der Waals surface area contributed by atoms with Gasteiger partial charge >= 0.3 is 0 Å². The molecule has 3 saturated heterocycles. The molecule has 3 aromatic rings. The molecule has 8 nitrogen and oxygen atoms in total. The van der Waals surface area contributed by atoms with Gasteiger partial charge in [0.25, 0.3) is 0 Å². The van der Waals surface area contributed by atoms with Crippen LogP contribution < -0.4 is 19.7 Å². The Hall–Kier alpha value is -3.39. The molecule has 3 aliphatic rings. The number of ether oxygens (including phenoxy) is 2. The molecule has 4 heterocycles. The number of hydrogen-bond acceptors (Lipinski definition) is 5. The van der Waals surface area contributed by atoms with Crippen LogP contribution in [0.2, 0.25) is 0 Å². The third-order valence-corrected chi connectivity index (χ3v) is 7.16. The van der Waals surface area contributed by atoms with Crippen molar-refractivity contribution in [3.05, 3.63) is 72.1 Å². The number of benzene rings is 2. The highest BCUT2D eigenvalue weighted by Crippen LogP contribution is 2.28. The molecule has 0 saturated carbocycles. The smallest absolute Gasteiger partial charge is 0.229 e. The van der Waals surface area contributed by atoms with E-state index >= 15 is 0 Å². The van der Waals surface area contributed by atoms with E-state index in [9.17, 15) is 4.79 Å². The molecule has 2 bridgehead atoms. The molecule has 6 rings (SSSR count). The zero-order valence-corrected chi connectivity index (χ0v) is 19.5. The van der Waals surface area contributed by atoms with Gasteiger partial charge in [-0.3, -0.25) is 4.79 Å². The summed E-state index contributed by atoms with van der Waals surface area (Å²) in [4.78, 5) is 14.5. The highest BCUT2D eigenvalue weighted by molar-refractivity contribution is 5.79. The van der Waals surface area contributed by atoms with Gasteiger partial charge in [-0.2, -0.15) is 0 Å². The maximum absolute atomic E-state index is 13.0. The van der Waals surface area contributed by atoms with Gasteiger partial charge in [-0.05, 0) is 24.1 Å². The first-order valence-electron chi connectivity index (χ1n) is 12.0. The van der Waals surface area contributed by atoms with Crippen LogP contribution in [-0.4, -0.2) is 47.1 Å². The van der Waals surface area contributed by atoms with Gasteiger partial charge < -0.3 is 19.7 Å². The molecule has 34 heavy (non-hydrogen) atoms. The summed E-state index contributed by atoms with van der Waals surface area (Å²) in [6, 6.07) is 18.0. The van der Waals surface area contributed by atoms with Crippen LogP contribution in [-0.2, 0) is 24.5 Å². The van der Waals surface area contributed by atoms with E-state index in [0.29, 0.717) is 25.1 Å². The monoisotopic (exact) mass is 462 g/mol. The number of carbonyl (C=O) groups is 1. The Morgan fingerprint density at radius 2 is 2.00 bits per heavy atom. The summed E-state index contributed by atoms with van der Waals surface area (Å²) in [7, 11) is 1.66. The second-order valence-electron chi connectivity index (χ2n) is 9.26. The SMILES string of the molecule is COc1ccccc1CNC(=O)[C@H]1C[NH+]2CC[C@H]1C[C@@H]2Cn1cc(COc2ccccc2)nn1. The molecule has 0 spiro atoms. The fourth-order valence-corrected chi connectivity index (χ4v) is 5.37. The summed E-state index contributed by atoms with van der Waals surface area (Å²) in [5.41, 5.74) is 1.83. The molecule has 4 atom stereocenters. The van der Waals surface area contributed by atoms with Crippen LogP contribution in [0.1, 0.15) is 24.1 Å². The first-order valence-corrected chi connectivity index (χ1v) is 12.0. The number of rotatable bonds is 9. The molecule has 1 unspecified atom stereocenters. The van der Waals surface area contributed by atoms with Crippen LogP contribution in [0, 0.1) is 11.8 Å². The molecular weight excluding hydrogens is 430 g/mol. The zero-order valence-electron chi connectivity index (χ0n) is 19.5. The number of para-hydroxylation sites is 2. The molecular formula is C26H32N5O3+. The molecule has 178 valence electrons. The fourth-order valence-electron chi connectivity index (χ4n) is 5.37. The van der Waals surface area contributed by atoms with Gasteiger partial charge in [0.15, 0.2) is 0 Å². The van der Waals surface area contributed by atoms with Crippen molar-refractivity contribution in [2.45, 2.75) is 38.6 Å². The lowest BCUT2D eigenvalue weighted by atomic mass is 9.75. The van der Waals surface area contributed by atoms with E-state index in [0.717, 1.165) is 55.2 Å². The quantitative estimate of drug-likeness (QED) is 0.503. The Kier molecular flexibility index (Phi) is 6.76. The number of nitrogens with one attached hydrogen (secondary N) is 2. The molecule has 3 fully saturated rings. The van der Waals surface area contributed by atoms with Crippen molar-refractivity contribution >= 4 is 5.91 Å². The van der Waals surface area contributed by atoms with Crippen molar-refractivity contribution in [3.8, 4) is 11.5 Å². The summed E-state index contributed by atoms with van der Waals surface area (Å²) in [5, 5.41) is 11.7. The van der Waals surface area contributed by atoms with Gasteiger partial charge in [0.1, 0.15) is 29.8 Å². The number of nitrogens with zero attached hydrogens (tertiary/aromatic N) is 3. The molecule has 8 heteroatoms. The van der Waals surface area contributed by atoms with Crippen molar-refractivity contribution in [2.24, 2.45) is 11.8 Å². The minimum absolute atomic E-state index is 0.0697. The van der Waals surface area contributed by atoms with Crippen molar-refractivity contribution in [1.29, 1.82) is 0 Å². The first kappa shape index (κ1) is 22.4. The Bertz CT molecular complexity index is 1100. The number of amides is 1. The van der Waals surface area contributed by atoms with Gasteiger partial charge in [-0.25, -0.2) is 4.68 Å². The second kappa shape index (κ2) is 10.3. The zero-order chi connectivity index (χ0) is 23.3. The maximum Gasteiger partial charge on any atom is 0.229 e. The molecule has 2 N–H and O–H groups in total. The Morgan fingerprint density at radius 3 is 2.79 bits per heavy atom. The normalized spacial score (nSPS) is 23.4. The van der Waals surface area contributed by atoms with E-state index in [-0.39, 0.29) is 11.8 Å². The van der Waals surface area contributed by atoms with Crippen LogP contribution in [0.5, 0.6) is 11.5 Å². The van der Waals surface area contributed by atoms with Crippen LogP contribution >= 0.6 is 0 Å². The summed E-state index contributed by atoms with van der Waals surface area (Å²) in [6.45, 7) is 3.72. The molecule has 0 radical (unpaired) electrons. The van der Waals surface area contributed by atoms with Gasteiger partial charge in [-0.1, -0.05) is 41.6 Å². The third-order valence-electron chi connectivity index (χ3n) is 7.16. The summed E-state index contributed by atoms with van der Waals surface area (Å²) >= 11 is 0. The van der Waals surface area contributed by atoms with Crippen molar-refractivity contribution < 1.29 is 19.2 Å². The third kappa shape index (κ3) is 5.07. The Balaban J connectivity index is 1.13. The van der Waals surface area contributed by atoms with E-state index in [1.165, 1.54) is 4.90 Å². The Morgan fingerprint density at radius 1 is 1.18 bits per heavy atom. The van der Waals surface area contributed by atoms with Crippen LogP contribution in [0.3, 0.4) is 0 Å². The van der Waals surface area contributed by atoms with E-state index < -0.39 is 0 Å². The topological polar surface area (TPSA) is 82.7 Å². The number of hydrogen-bond donors (Lipinski definition) is 2. The van der Waals surface area contributed by atoms with E-state index in [2.05, 4.69) is 15.6 Å². The van der Waals surface area contributed by atoms with E-state index in [1.54, 1.807) is 7.11 Å². The number of fused-ring (bicyclic) bond motifs is 3. The summed E-state index contributed by atoms with van der Waals surface area (Å²) in [5.74, 6) is 2.29. The maximum atomic E-state index is 13.0. The van der Waals surface area contributed by atoms with Crippen LogP contribution in [0.25, 0.3) is 0 Å². The largest absolute Gasteiger partial charge is 0.496 e. The number of quaternary nitrogens is 1. The molecule has 0 aliphatic carbocycles. The number of aromatic nitrogens is 3. The average Bonchev–Trinajstić information content (AvgIpc) is 3.34. The van der Waals surface area contributed by atoms with Gasteiger partial charge in [0, 0.05) is 24.9 Å². The highest BCUT2D eigenvalue weighted by Gasteiger charge is 2.46. The van der Waals surface area contributed by atoms with E-state index in [1.807, 2.05) is 65.5 Å². The number of piperidine rings is 3. The van der Waals surface area contributed by atoms with Crippen molar-refractivity contribution in [2.75, 3.05) is 20.2 Å². The first-order chi connectivity index (χ1) is 16.7. The minimum Gasteiger partial charge on any atom is -0.496 e. The second-order valence-corrected chi connectivity index (χ2v) is 9.26. The molecule has 3 aliphatic heterocycles. The molecule has 1 amide bonds. The predicted molar refractivity (Wildman–Crippen MR) is 126 cm³/mol. The average molecular weight is 463 g/mol. The van der Waals surface area contributed by atoms with Crippen LogP contribution in [0.4, 0.5) is 0 Å². The molecule has 2 aromatic carbocycles. The lowest BCUT2D eigenvalue weighted by molar-refractivity contribution is -0.945. The lowest BCUT2D eigenvalue weighted by Gasteiger charge is -2.46. The summed E-state index contributed by atoms with van der Waals surface area (Å²) < 4.78 is 13.1. The lowest BCUT2D eigenvalue weighted by Crippen LogP contribution is -3.20. The fraction of sp³-hybridized carbons (Fsp3) is 0.423. The Labute approximate surface area is 199 Å². The summed E-state index contributed by atoms with van der Waals surface area (Å²) in [6.07, 6.45) is 4.12. The van der Waals surface area contributed by atoms with Gasteiger partial charge in [0.05, 0.1) is 38.9 Å². The number of carbonyl (C=O) groups excluding carboxylic acids is 1. The van der Waals surface area contributed by atoms with Gasteiger partial charge in [0.2, 0.25) is 5.91 Å². The number of methoxy groups -OCH3 is 1. The van der Waals surface area contributed by atoms with Gasteiger partial charge in [-0.15, -0.1) is 5.10 Å². The van der Waals surface area contributed by atoms with Crippen molar-refractivity contribution in [3.63, 3.8) is 0 Å². The van der Waals surface area contributed by atoms with Crippen LogP contribution in [0.15, 0.2) is 60.8 Å². The highest BCUT2D eigenvalue weighted by atomic mass is 16.5. The molecule has 1 aromatic heterocycles.